The van der Waals surface area contributed by atoms with E-state index in [2.05, 4.69) is 15.7 Å². The Labute approximate surface area is 123 Å². The number of nitrogens with one attached hydrogen (secondary N) is 2. The van der Waals surface area contributed by atoms with Crippen LogP contribution in [0.5, 0.6) is 5.75 Å². The minimum absolute atomic E-state index is 0.166. The topological polar surface area (TPSA) is 68.2 Å². The molecule has 1 aliphatic rings. The van der Waals surface area contributed by atoms with Gasteiger partial charge in [-0.05, 0) is 31.2 Å². The summed E-state index contributed by atoms with van der Waals surface area (Å²) in [5.74, 6) is 0.704. The number of carbonyl (C=O) groups excluding carboxylic acids is 1. The van der Waals surface area contributed by atoms with E-state index in [0.29, 0.717) is 12.3 Å². The first kappa shape index (κ1) is 13.6. The molecule has 0 saturated carbocycles. The van der Waals surface area contributed by atoms with Crippen molar-refractivity contribution in [1.29, 1.82) is 0 Å². The first-order chi connectivity index (χ1) is 10.1. The van der Waals surface area contributed by atoms with Crippen LogP contribution in [0.3, 0.4) is 0 Å². The van der Waals surface area contributed by atoms with E-state index < -0.39 is 0 Å². The fourth-order valence-corrected chi connectivity index (χ4v) is 2.41. The van der Waals surface area contributed by atoms with E-state index in [0.717, 1.165) is 35.8 Å². The molecule has 0 saturated heterocycles. The van der Waals surface area contributed by atoms with Gasteiger partial charge in [-0.2, -0.15) is 5.10 Å². The zero-order valence-corrected chi connectivity index (χ0v) is 12.1. The minimum Gasteiger partial charge on any atom is -0.492 e. The monoisotopic (exact) mass is 286 g/mol. The van der Waals surface area contributed by atoms with Crippen LogP contribution in [-0.2, 0) is 13.6 Å². The number of rotatable bonds is 2. The maximum atomic E-state index is 12.3. The molecule has 6 nitrogen and oxygen atoms in total. The van der Waals surface area contributed by atoms with Crippen molar-refractivity contribution < 1.29 is 9.53 Å². The summed E-state index contributed by atoms with van der Waals surface area (Å²) in [5.41, 5.74) is 3.16. The molecule has 0 fully saturated rings. The van der Waals surface area contributed by atoms with Gasteiger partial charge < -0.3 is 15.4 Å². The van der Waals surface area contributed by atoms with Gasteiger partial charge in [0.05, 0.1) is 5.69 Å². The molecule has 6 heteroatoms. The van der Waals surface area contributed by atoms with Crippen molar-refractivity contribution in [2.75, 3.05) is 18.5 Å². The van der Waals surface area contributed by atoms with E-state index >= 15 is 0 Å². The third-order valence-electron chi connectivity index (χ3n) is 3.40. The van der Waals surface area contributed by atoms with E-state index in [1.165, 1.54) is 0 Å². The third kappa shape index (κ3) is 2.90. The van der Waals surface area contributed by atoms with Crippen LogP contribution < -0.4 is 15.4 Å². The molecule has 2 heterocycles. The number of aryl methyl sites for hydroxylation is 2. The van der Waals surface area contributed by atoms with Crippen molar-refractivity contribution in [1.82, 2.24) is 15.1 Å². The molecule has 1 amide bonds. The molecule has 0 bridgehead atoms. The molecule has 3 rings (SSSR count). The van der Waals surface area contributed by atoms with Crippen molar-refractivity contribution in [2.45, 2.75) is 13.5 Å². The highest BCUT2D eigenvalue weighted by molar-refractivity contribution is 6.03. The SMILES string of the molecule is Cc1cc(C(=O)Nc2ccc3c(c2)CNCCO3)n(C)n1. The Hall–Kier alpha value is -2.34. The second kappa shape index (κ2) is 5.57. The maximum absolute atomic E-state index is 12.3. The van der Waals surface area contributed by atoms with E-state index in [1.807, 2.05) is 25.1 Å². The summed E-state index contributed by atoms with van der Waals surface area (Å²) in [6.45, 7) is 4.09. The fourth-order valence-electron chi connectivity index (χ4n) is 2.41. The van der Waals surface area contributed by atoms with Crippen LogP contribution in [0.25, 0.3) is 0 Å². The number of hydrogen-bond acceptors (Lipinski definition) is 4. The second-order valence-electron chi connectivity index (χ2n) is 5.10. The molecular formula is C15H18N4O2. The summed E-state index contributed by atoms with van der Waals surface area (Å²) in [6, 6.07) is 7.45. The molecule has 0 spiro atoms. The fraction of sp³-hybridized carbons (Fsp3) is 0.333. The van der Waals surface area contributed by atoms with E-state index in [4.69, 9.17) is 4.74 Å². The van der Waals surface area contributed by atoms with Crippen molar-refractivity contribution in [3.05, 3.63) is 41.2 Å². The number of benzene rings is 1. The largest absolute Gasteiger partial charge is 0.492 e. The number of carbonyl (C=O) groups is 1. The number of anilines is 1. The average Bonchev–Trinajstić information content (AvgIpc) is 2.66. The number of nitrogens with zero attached hydrogens (tertiary/aromatic N) is 2. The van der Waals surface area contributed by atoms with Gasteiger partial charge in [-0.1, -0.05) is 0 Å². The summed E-state index contributed by atoms with van der Waals surface area (Å²) in [4.78, 5) is 12.3. The molecule has 0 atom stereocenters. The van der Waals surface area contributed by atoms with Crippen molar-refractivity contribution in [2.24, 2.45) is 7.05 Å². The van der Waals surface area contributed by atoms with Gasteiger partial charge in [0.15, 0.2) is 0 Å². The smallest absolute Gasteiger partial charge is 0.273 e. The van der Waals surface area contributed by atoms with Crippen LogP contribution in [0.1, 0.15) is 21.7 Å². The summed E-state index contributed by atoms with van der Waals surface area (Å²) in [5, 5.41) is 10.4. The molecule has 110 valence electrons. The van der Waals surface area contributed by atoms with Gasteiger partial charge in [0.1, 0.15) is 18.1 Å². The second-order valence-corrected chi connectivity index (χ2v) is 5.10. The van der Waals surface area contributed by atoms with Gasteiger partial charge in [-0.25, -0.2) is 0 Å². The lowest BCUT2D eigenvalue weighted by Gasteiger charge is -2.10. The van der Waals surface area contributed by atoms with Crippen molar-refractivity contribution in [3.8, 4) is 5.75 Å². The number of hydrogen-bond donors (Lipinski definition) is 2. The van der Waals surface area contributed by atoms with E-state index in [-0.39, 0.29) is 5.91 Å². The standard InChI is InChI=1S/C15H18N4O2/c1-10-7-13(19(2)18-10)15(20)17-12-3-4-14-11(8-12)9-16-5-6-21-14/h3-4,7-8,16H,5-6,9H2,1-2H3,(H,17,20). The Morgan fingerprint density at radius 1 is 1.43 bits per heavy atom. The molecule has 1 aromatic heterocycles. The van der Waals surface area contributed by atoms with Gasteiger partial charge in [-0.3, -0.25) is 9.48 Å². The number of fused-ring (bicyclic) bond motifs is 1. The molecule has 0 aliphatic carbocycles. The van der Waals surface area contributed by atoms with E-state index in [1.54, 1.807) is 17.8 Å². The zero-order chi connectivity index (χ0) is 14.8. The van der Waals surface area contributed by atoms with Crippen molar-refractivity contribution in [3.63, 3.8) is 0 Å². The number of amides is 1. The summed E-state index contributed by atoms with van der Waals surface area (Å²) in [7, 11) is 1.76. The third-order valence-corrected chi connectivity index (χ3v) is 3.40. The summed E-state index contributed by atoms with van der Waals surface area (Å²) >= 11 is 0. The molecular weight excluding hydrogens is 268 g/mol. The highest BCUT2D eigenvalue weighted by Gasteiger charge is 2.14. The normalized spacial score (nSPS) is 14.0. The molecule has 1 aromatic carbocycles. The van der Waals surface area contributed by atoms with Gasteiger partial charge in [0.25, 0.3) is 5.91 Å². The molecule has 1 aliphatic heterocycles. The number of aromatic nitrogens is 2. The lowest BCUT2D eigenvalue weighted by atomic mass is 10.1. The molecule has 2 N–H and O–H groups in total. The summed E-state index contributed by atoms with van der Waals surface area (Å²) < 4.78 is 7.21. The first-order valence-electron chi connectivity index (χ1n) is 6.92. The van der Waals surface area contributed by atoms with Gasteiger partial charge in [-0.15, -0.1) is 0 Å². The Kier molecular flexibility index (Phi) is 3.62. The highest BCUT2D eigenvalue weighted by atomic mass is 16.5. The van der Waals surface area contributed by atoms with Gasteiger partial charge in [0.2, 0.25) is 0 Å². The Bertz CT molecular complexity index is 678. The summed E-state index contributed by atoms with van der Waals surface area (Å²) in [6.07, 6.45) is 0. The van der Waals surface area contributed by atoms with Crippen molar-refractivity contribution >= 4 is 11.6 Å². The predicted octanol–water partition coefficient (Wildman–Crippen LogP) is 1.46. The lowest BCUT2D eigenvalue weighted by Crippen LogP contribution is -2.17. The molecule has 2 aromatic rings. The van der Waals surface area contributed by atoms with Crippen LogP contribution in [0.2, 0.25) is 0 Å². The minimum atomic E-state index is -0.166. The quantitative estimate of drug-likeness (QED) is 0.877. The van der Waals surface area contributed by atoms with Crippen LogP contribution in [-0.4, -0.2) is 28.8 Å². The Morgan fingerprint density at radius 3 is 3.05 bits per heavy atom. The molecule has 0 unspecified atom stereocenters. The molecule has 21 heavy (non-hydrogen) atoms. The lowest BCUT2D eigenvalue weighted by molar-refractivity contribution is 0.101. The van der Waals surface area contributed by atoms with E-state index in [9.17, 15) is 4.79 Å². The van der Waals surface area contributed by atoms with Crippen LogP contribution in [0.4, 0.5) is 5.69 Å². The maximum Gasteiger partial charge on any atom is 0.273 e. The highest BCUT2D eigenvalue weighted by Crippen LogP contribution is 2.24. The first-order valence-corrected chi connectivity index (χ1v) is 6.92. The Balaban J connectivity index is 1.80. The van der Waals surface area contributed by atoms with Gasteiger partial charge in [0, 0.05) is 31.4 Å². The molecule has 0 radical (unpaired) electrons. The van der Waals surface area contributed by atoms with Gasteiger partial charge >= 0.3 is 0 Å². The van der Waals surface area contributed by atoms with Crippen LogP contribution in [0, 0.1) is 6.92 Å². The van der Waals surface area contributed by atoms with Crippen LogP contribution in [0.15, 0.2) is 24.3 Å². The predicted molar refractivity (Wildman–Crippen MR) is 79.5 cm³/mol. The number of ether oxygens (including phenoxy) is 1. The zero-order valence-electron chi connectivity index (χ0n) is 12.1. The average molecular weight is 286 g/mol. The Morgan fingerprint density at radius 2 is 2.29 bits per heavy atom. The van der Waals surface area contributed by atoms with Crippen LogP contribution >= 0.6 is 0 Å².